The maximum absolute atomic E-state index is 12.2. The molecule has 0 unspecified atom stereocenters. The topological polar surface area (TPSA) is 64.3 Å². The minimum Gasteiger partial charge on any atom is -0.489 e. The molecule has 194 valence electrons. The van der Waals surface area contributed by atoms with Gasteiger partial charge in [0.15, 0.2) is 0 Å². The SMILES string of the molecule is CC(C)(C)Sc1c(CC(C)(C)C(=O)O)n(Cc2ccc(Cl)cc2)c2ccc(OCc3ccncc3)cc12. The molecule has 0 aliphatic rings. The van der Waals surface area contributed by atoms with Gasteiger partial charge in [0.05, 0.1) is 5.41 Å². The summed E-state index contributed by atoms with van der Waals surface area (Å²) >= 11 is 7.91. The van der Waals surface area contributed by atoms with Crippen LogP contribution < -0.4 is 4.74 Å². The van der Waals surface area contributed by atoms with Crippen LogP contribution in [0.15, 0.2) is 71.9 Å². The summed E-state index contributed by atoms with van der Waals surface area (Å²) in [5.74, 6) is -0.0448. The van der Waals surface area contributed by atoms with E-state index < -0.39 is 11.4 Å². The largest absolute Gasteiger partial charge is 0.489 e. The Bertz CT molecular complexity index is 1390. The Morgan fingerprint density at radius 3 is 2.30 bits per heavy atom. The number of nitrogens with zero attached hydrogens (tertiary/aromatic N) is 2. The molecule has 0 radical (unpaired) electrons. The van der Waals surface area contributed by atoms with Crippen LogP contribution in [0.4, 0.5) is 0 Å². The van der Waals surface area contributed by atoms with Crippen molar-refractivity contribution < 1.29 is 14.6 Å². The first-order chi connectivity index (χ1) is 17.4. The number of ether oxygens (including phenoxy) is 1. The van der Waals surface area contributed by atoms with Gasteiger partial charge < -0.3 is 14.4 Å². The van der Waals surface area contributed by atoms with Gasteiger partial charge in [0.25, 0.3) is 0 Å². The highest BCUT2D eigenvalue weighted by atomic mass is 35.5. The second-order valence-electron chi connectivity index (χ2n) is 10.9. The summed E-state index contributed by atoms with van der Waals surface area (Å²) in [4.78, 5) is 17.3. The van der Waals surface area contributed by atoms with E-state index >= 15 is 0 Å². The molecule has 0 atom stereocenters. The van der Waals surface area contributed by atoms with E-state index in [1.54, 1.807) is 38.0 Å². The fourth-order valence-corrected chi connectivity index (χ4v) is 5.45. The number of rotatable bonds is 9. The number of aromatic nitrogens is 2. The lowest BCUT2D eigenvalue weighted by atomic mass is 9.88. The van der Waals surface area contributed by atoms with E-state index in [0.717, 1.165) is 38.4 Å². The highest BCUT2D eigenvalue weighted by Crippen LogP contribution is 2.44. The number of thioether (sulfide) groups is 1. The summed E-state index contributed by atoms with van der Waals surface area (Å²) < 4.78 is 8.33. The van der Waals surface area contributed by atoms with Crippen molar-refractivity contribution in [3.8, 4) is 5.75 Å². The van der Waals surface area contributed by atoms with Gasteiger partial charge in [0, 0.05) is 56.6 Å². The molecule has 0 fully saturated rings. The van der Waals surface area contributed by atoms with Crippen LogP contribution in [0.1, 0.15) is 51.4 Å². The van der Waals surface area contributed by atoms with Crippen molar-refractivity contribution in [2.24, 2.45) is 5.41 Å². The monoisotopic (exact) mass is 536 g/mol. The lowest BCUT2D eigenvalue weighted by Crippen LogP contribution is -2.28. The Labute approximate surface area is 227 Å². The third kappa shape index (κ3) is 6.68. The van der Waals surface area contributed by atoms with Crippen molar-refractivity contribution in [1.29, 1.82) is 0 Å². The van der Waals surface area contributed by atoms with Crippen LogP contribution in [0, 0.1) is 5.41 Å². The molecule has 0 aliphatic heterocycles. The molecule has 7 heteroatoms. The van der Waals surface area contributed by atoms with Gasteiger partial charge in [0.1, 0.15) is 12.4 Å². The number of hydrogen-bond acceptors (Lipinski definition) is 4. The predicted molar refractivity (Wildman–Crippen MR) is 152 cm³/mol. The van der Waals surface area contributed by atoms with Gasteiger partial charge in [-0.1, -0.05) is 44.5 Å². The van der Waals surface area contributed by atoms with Crippen LogP contribution in [0.25, 0.3) is 10.9 Å². The molecule has 2 heterocycles. The van der Waals surface area contributed by atoms with Crippen LogP contribution >= 0.6 is 23.4 Å². The number of carboxylic acid groups (broad SMARTS) is 1. The van der Waals surface area contributed by atoms with E-state index in [-0.39, 0.29) is 4.75 Å². The van der Waals surface area contributed by atoms with Gasteiger partial charge in [-0.2, -0.15) is 0 Å². The zero-order chi connectivity index (χ0) is 26.8. The average molecular weight is 537 g/mol. The van der Waals surface area contributed by atoms with Crippen LogP contribution in [0.5, 0.6) is 5.75 Å². The molecule has 37 heavy (non-hydrogen) atoms. The maximum atomic E-state index is 12.2. The first-order valence-electron chi connectivity index (χ1n) is 12.3. The Hall–Kier alpha value is -2.96. The first kappa shape index (κ1) is 27.1. The summed E-state index contributed by atoms with van der Waals surface area (Å²) in [6.45, 7) is 11.2. The van der Waals surface area contributed by atoms with Crippen molar-refractivity contribution in [2.45, 2.75) is 63.8 Å². The summed E-state index contributed by atoms with van der Waals surface area (Å²) in [6.07, 6.45) is 3.91. The van der Waals surface area contributed by atoms with Gasteiger partial charge in [-0.05, 0) is 67.4 Å². The standard InChI is InChI=1S/C30H33ClN2O3S/c1-29(2,3)37-27-24-16-23(36-19-21-12-14-32-15-13-21)10-11-25(24)33(18-20-6-8-22(31)9-7-20)26(27)17-30(4,5)28(34)35/h6-16H,17-19H2,1-5H3,(H,34,35). The molecule has 1 N–H and O–H groups in total. The third-order valence-corrected chi connectivity index (χ3v) is 7.62. The molecule has 5 nitrogen and oxygen atoms in total. The van der Waals surface area contributed by atoms with E-state index in [9.17, 15) is 9.90 Å². The number of aliphatic carboxylic acids is 1. The molecule has 4 aromatic rings. The molecule has 2 aromatic carbocycles. The summed E-state index contributed by atoms with van der Waals surface area (Å²) in [6, 6.07) is 17.8. The van der Waals surface area contributed by atoms with E-state index in [1.165, 1.54) is 0 Å². The first-order valence-corrected chi connectivity index (χ1v) is 13.5. The number of pyridine rings is 1. The van der Waals surface area contributed by atoms with Crippen LogP contribution in [0.2, 0.25) is 5.02 Å². The average Bonchev–Trinajstić information content (AvgIpc) is 3.09. The molecule has 0 bridgehead atoms. The summed E-state index contributed by atoms with van der Waals surface area (Å²) in [5.41, 5.74) is 3.28. The molecule has 0 saturated carbocycles. The highest BCUT2D eigenvalue weighted by molar-refractivity contribution is 8.00. The lowest BCUT2D eigenvalue weighted by molar-refractivity contribution is -0.146. The van der Waals surface area contributed by atoms with Gasteiger partial charge in [-0.15, -0.1) is 11.8 Å². The van der Waals surface area contributed by atoms with Crippen LogP contribution in [0.3, 0.4) is 0 Å². The molecule has 0 spiro atoms. The zero-order valence-corrected chi connectivity index (χ0v) is 23.5. The van der Waals surface area contributed by atoms with Crippen molar-refractivity contribution in [3.63, 3.8) is 0 Å². The Morgan fingerprint density at radius 2 is 1.68 bits per heavy atom. The van der Waals surface area contributed by atoms with E-state index in [1.807, 2.05) is 42.5 Å². The number of carboxylic acids is 1. The molecule has 4 rings (SSSR count). The predicted octanol–water partition coefficient (Wildman–Crippen LogP) is 7.86. The van der Waals surface area contributed by atoms with Crippen molar-refractivity contribution >= 4 is 40.2 Å². The summed E-state index contributed by atoms with van der Waals surface area (Å²) in [7, 11) is 0. The van der Waals surface area contributed by atoms with E-state index in [0.29, 0.717) is 24.6 Å². The second kappa shape index (κ2) is 10.8. The minimum atomic E-state index is -0.931. The highest BCUT2D eigenvalue weighted by Gasteiger charge is 2.32. The van der Waals surface area contributed by atoms with Crippen molar-refractivity contribution in [1.82, 2.24) is 9.55 Å². The molecular weight excluding hydrogens is 504 g/mol. The fourth-order valence-electron chi connectivity index (χ4n) is 4.13. The van der Waals surface area contributed by atoms with E-state index in [2.05, 4.69) is 42.5 Å². The molecule has 2 aromatic heterocycles. The number of benzene rings is 2. The van der Waals surface area contributed by atoms with E-state index in [4.69, 9.17) is 16.3 Å². The summed E-state index contributed by atoms with van der Waals surface area (Å²) in [5, 5.41) is 11.7. The number of carbonyl (C=O) groups is 1. The molecule has 0 amide bonds. The van der Waals surface area contributed by atoms with Gasteiger partial charge in [-0.25, -0.2) is 0 Å². The van der Waals surface area contributed by atoms with Gasteiger partial charge in [0.2, 0.25) is 0 Å². The van der Waals surface area contributed by atoms with Gasteiger partial charge in [-0.3, -0.25) is 9.78 Å². The number of halogens is 1. The molecular formula is C30H33ClN2O3S. The third-order valence-electron chi connectivity index (χ3n) is 6.10. The second-order valence-corrected chi connectivity index (χ2v) is 13.2. The fraction of sp³-hybridized carbons (Fsp3) is 0.333. The number of hydrogen-bond donors (Lipinski definition) is 1. The smallest absolute Gasteiger partial charge is 0.309 e. The zero-order valence-electron chi connectivity index (χ0n) is 21.9. The van der Waals surface area contributed by atoms with Crippen molar-refractivity contribution in [2.75, 3.05) is 0 Å². The van der Waals surface area contributed by atoms with Crippen LogP contribution in [-0.2, 0) is 24.4 Å². The number of fused-ring (bicyclic) bond motifs is 1. The maximum Gasteiger partial charge on any atom is 0.309 e. The van der Waals surface area contributed by atoms with Crippen molar-refractivity contribution in [3.05, 3.63) is 88.8 Å². The molecule has 0 saturated heterocycles. The Kier molecular flexibility index (Phi) is 7.91. The quantitative estimate of drug-likeness (QED) is 0.220. The van der Waals surface area contributed by atoms with Crippen LogP contribution in [-0.4, -0.2) is 25.4 Å². The normalized spacial score (nSPS) is 12.2. The molecule has 0 aliphatic carbocycles. The minimum absolute atomic E-state index is 0.0740. The Morgan fingerprint density at radius 1 is 1.00 bits per heavy atom. The van der Waals surface area contributed by atoms with Gasteiger partial charge >= 0.3 is 5.97 Å². The lowest BCUT2D eigenvalue weighted by Gasteiger charge is -2.24. The Balaban J connectivity index is 1.85.